The highest BCUT2D eigenvalue weighted by Crippen LogP contribution is 2.15. The van der Waals surface area contributed by atoms with Crippen molar-refractivity contribution in [3.05, 3.63) is 53.9 Å². The minimum absolute atomic E-state index is 0.245. The second kappa shape index (κ2) is 5.97. The summed E-state index contributed by atoms with van der Waals surface area (Å²) in [7, 11) is 0. The molecule has 0 aliphatic carbocycles. The zero-order valence-corrected chi connectivity index (χ0v) is 10.7. The molecule has 0 aliphatic heterocycles. The van der Waals surface area contributed by atoms with Crippen molar-refractivity contribution in [1.82, 2.24) is 4.98 Å². The molecule has 0 unspecified atom stereocenters. The minimum Gasteiger partial charge on any atom is -0.323 e. The Morgan fingerprint density at radius 1 is 1.26 bits per heavy atom. The van der Waals surface area contributed by atoms with Gasteiger partial charge in [-0.2, -0.15) is 0 Å². The highest BCUT2D eigenvalue weighted by Gasteiger charge is 2.10. The van der Waals surface area contributed by atoms with E-state index in [9.17, 15) is 4.79 Å². The van der Waals surface area contributed by atoms with Crippen molar-refractivity contribution < 1.29 is 4.79 Å². The number of aryl methyl sites for hydroxylation is 1. The quantitative estimate of drug-likeness (QED) is 0.578. The van der Waals surface area contributed by atoms with Crippen LogP contribution in [0.2, 0.25) is 0 Å². The fraction of sp³-hybridized carbons (Fsp3) is 0.143. The van der Waals surface area contributed by atoms with Gasteiger partial charge in [0.1, 0.15) is 0 Å². The first-order valence-electron chi connectivity index (χ1n) is 6.05. The molecule has 0 fully saturated rings. The van der Waals surface area contributed by atoms with E-state index in [0.29, 0.717) is 11.3 Å². The lowest BCUT2D eigenvalue weighted by molar-refractivity contribution is 0.102. The van der Waals surface area contributed by atoms with Crippen LogP contribution in [0.25, 0.3) is 0 Å². The largest absolute Gasteiger partial charge is 0.323 e. The lowest BCUT2D eigenvalue weighted by Crippen LogP contribution is -2.17. The van der Waals surface area contributed by atoms with Gasteiger partial charge in [-0.05, 0) is 30.2 Å². The molecule has 5 heteroatoms. The molecule has 2 rings (SSSR count). The van der Waals surface area contributed by atoms with Crippen LogP contribution >= 0.6 is 0 Å². The molecule has 0 bridgehead atoms. The molecule has 1 heterocycles. The van der Waals surface area contributed by atoms with E-state index in [4.69, 9.17) is 5.84 Å². The number of nitrogens with two attached hydrogens (primary N) is 1. The number of carbonyl (C=O) groups is 1. The van der Waals surface area contributed by atoms with Crippen molar-refractivity contribution in [3.63, 3.8) is 0 Å². The number of pyridine rings is 1. The summed E-state index contributed by atoms with van der Waals surface area (Å²) >= 11 is 0. The van der Waals surface area contributed by atoms with Gasteiger partial charge < -0.3 is 10.7 Å². The van der Waals surface area contributed by atoms with Crippen molar-refractivity contribution in [2.45, 2.75) is 13.3 Å². The molecule has 0 atom stereocenters. The van der Waals surface area contributed by atoms with E-state index in [1.165, 1.54) is 11.8 Å². The van der Waals surface area contributed by atoms with E-state index in [1.54, 1.807) is 12.3 Å². The Morgan fingerprint density at radius 2 is 2.00 bits per heavy atom. The maximum Gasteiger partial charge on any atom is 0.259 e. The number of aromatic nitrogens is 1. The number of benzene rings is 1. The summed E-state index contributed by atoms with van der Waals surface area (Å²) in [6.07, 6.45) is 4.02. The molecule has 1 aromatic heterocycles. The van der Waals surface area contributed by atoms with Gasteiger partial charge in [-0.25, -0.2) is 0 Å². The molecule has 0 spiro atoms. The Bertz CT molecular complexity index is 566. The van der Waals surface area contributed by atoms with Crippen LogP contribution in [0, 0.1) is 0 Å². The predicted molar refractivity (Wildman–Crippen MR) is 75.8 cm³/mol. The Hall–Kier alpha value is -2.40. The number of amides is 1. The lowest BCUT2D eigenvalue weighted by atomic mass is 10.1. The number of nitrogens with zero attached hydrogens (tertiary/aromatic N) is 1. The van der Waals surface area contributed by atoms with Crippen LogP contribution in [-0.4, -0.2) is 10.9 Å². The molecule has 4 N–H and O–H groups in total. The summed E-state index contributed by atoms with van der Waals surface area (Å²) in [5.74, 6) is 5.12. The first kappa shape index (κ1) is 13.0. The topological polar surface area (TPSA) is 80.0 Å². The van der Waals surface area contributed by atoms with Gasteiger partial charge in [0, 0.05) is 18.1 Å². The number of hydrogen-bond acceptors (Lipinski definition) is 4. The van der Waals surface area contributed by atoms with E-state index in [0.717, 1.165) is 12.1 Å². The Morgan fingerprint density at radius 3 is 2.63 bits per heavy atom. The zero-order chi connectivity index (χ0) is 13.7. The SMILES string of the molecule is CCc1ccc(NC(=O)c2cnccc2NN)cc1. The average molecular weight is 256 g/mol. The molecule has 1 aromatic carbocycles. The number of carbonyl (C=O) groups excluding carboxylic acids is 1. The van der Waals surface area contributed by atoms with Crippen molar-refractivity contribution in [2.75, 3.05) is 10.7 Å². The predicted octanol–water partition coefficient (Wildman–Crippen LogP) is 2.18. The highest BCUT2D eigenvalue weighted by molar-refractivity contribution is 6.07. The van der Waals surface area contributed by atoms with Gasteiger partial charge in [0.05, 0.1) is 11.3 Å². The van der Waals surface area contributed by atoms with Crippen molar-refractivity contribution >= 4 is 17.3 Å². The molecule has 0 aliphatic rings. The van der Waals surface area contributed by atoms with Gasteiger partial charge in [-0.3, -0.25) is 15.6 Å². The van der Waals surface area contributed by atoms with Gasteiger partial charge in [0.25, 0.3) is 5.91 Å². The zero-order valence-electron chi connectivity index (χ0n) is 10.7. The summed E-state index contributed by atoms with van der Waals surface area (Å²) in [5, 5.41) is 2.81. The van der Waals surface area contributed by atoms with E-state index in [2.05, 4.69) is 22.7 Å². The normalized spacial score (nSPS) is 10.0. The molecular weight excluding hydrogens is 240 g/mol. The number of anilines is 2. The third kappa shape index (κ3) is 3.08. The third-order valence-corrected chi connectivity index (χ3v) is 2.84. The molecule has 98 valence electrons. The van der Waals surface area contributed by atoms with Crippen LogP contribution in [0.1, 0.15) is 22.8 Å². The maximum atomic E-state index is 12.1. The van der Waals surface area contributed by atoms with Gasteiger partial charge >= 0.3 is 0 Å². The Balaban J connectivity index is 2.16. The van der Waals surface area contributed by atoms with E-state index in [1.807, 2.05) is 24.3 Å². The van der Waals surface area contributed by atoms with Crippen LogP contribution in [0.15, 0.2) is 42.7 Å². The Kier molecular flexibility index (Phi) is 4.10. The average Bonchev–Trinajstić information content (AvgIpc) is 2.48. The number of nitrogen functional groups attached to an aromatic ring is 1. The van der Waals surface area contributed by atoms with Crippen LogP contribution in [0.5, 0.6) is 0 Å². The smallest absolute Gasteiger partial charge is 0.259 e. The lowest BCUT2D eigenvalue weighted by Gasteiger charge is -2.09. The molecule has 5 nitrogen and oxygen atoms in total. The first-order valence-corrected chi connectivity index (χ1v) is 6.05. The standard InChI is InChI=1S/C14H16N4O/c1-2-10-3-5-11(6-4-10)17-14(19)12-9-16-8-7-13(12)18-15/h3-9H,2,15H2,1H3,(H,16,18)(H,17,19). The number of rotatable bonds is 4. The second-order valence-corrected chi connectivity index (χ2v) is 4.07. The molecule has 2 aromatic rings. The molecule has 1 amide bonds. The van der Waals surface area contributed by atoms with Gasteiger partial charge in [0.2, 0.25) is 0 Å². The highest BCUT2D eigenvalue weighted by atomic mass is 16.1. The minimum atomic E-state index is -0.245. The number of nitrogens with one attached hydrogen (secondary N) is 2. The van der Waals surface area contributed by atoms with Crippen LogP contribution in [0.3, 0.4) is 0 Å². The number of hydrogen-bond donors (Lipinski definition) is 3. The van der Waals surface area contributed by atoms with Crippen molar-refractivity contribution in [3.8, 4) is 0 Å². The summed E-state index contributed by atoms with van der Waals surface area (Å²) in [6.45, 7) is 2.09. The summed E-state index contributed by atoms with van der Waals surface area (Å²) in [5.41, 5.74) is 5.40. The first-order chi connectivity index (χ1) is 9.24. The van der Waals surface area contributed by atoms with Gasteiger partial charge in [-0.15, -0.1) is 0 Å². The van der Waals surface area contributed by atoms with Crippen molar-refractivity contribution in [1.29, 1.82) is 0 Å². The molecule has 0 saturated heterocycles. The second-order valence-electron chi connectivity index (χ2n) is 4.07. The van der Waals surface area contributed by atoms with E-state index in [-0.39, 0.29) is 5.91 Å². The molecular formula is C14H16N4O. The fourth-order valence-corrected chi connectivity index (χ4v) is 1.72. The van der Waals surface area contributed by atoms with Crippen LogP contribution in [0.4, 0.5) is 11.4 Å². The van der Waals surface area contributed by atoms with Crippen molar-refractivity contribution in [2.24, 2.45) is 5.84 Å². The molecule has 0 radical (unpaired) electrons. The van der Waals surface area contributed by atoms with Gasteiger partial charge in [-0.1, -0.05) is 19.1 Å². The fourth-order valence-electron chi connectivity index (χ4n) is 1.72. The van der Waals surface area contributed by atoms with Gasteiger partial charge in [0.15, 0.2) is 0 Å². The van der Waals surface area contributed by atoms with E-state index < -0.39 is 0 Å². The van der Waals surface area contributed by atoms with Crippen LogP contribution < -0.4 is 16.6 Å². The summed E-state index contributed by atoms with van der Waals surface area (Å²) in [4.78, 5) is 16.0. The monoisotopic (exact) mass is 256 g/mol. The molecule has 19 heavy (non-hydrogen) atoms. The van der Waals surface area contributed by atoms with Crippen LogP contribution in [-0.2, 0) is 6.42 Å². The maximum absolute atomic E-state index is 12.1. The Labute approximate surface area is 111 Å². The number of hydrazine groups is 1. The summed E-state index contributed by atoms with van der Waals surface area (Å²) in [6, 6.07) is 9.38. The molecule has 0 saturated carbocycles. The summed E-state index contributed by atoms with van der Waals surface area (Å²) < 4.78 is 0. The van der Waals surface area contributed by atoms with E-state index >= 15 is 0 Å². The third-order valence-electron chi connectivity index (χ3n) is 2.84.